The molecule has 9 heteroatoms. The molecular formula is C15H26N2O6S. The first-order valence-electron chi connectivity index (χ1n) is 8.01. The van der Waals surface area contributed by atoms with E-state index in [0.29, 0.717) is 26.4 Å². The lowest BCUT2D eigenvalue weighted by atomic mass is 10.2. The minimum atomic E-state index is -3.41. The zero-order valence-electron chi connectivity index (χ0n) is 14.0. The monoisotopic (exact) mass is 362 g/mol. The van der Waals surface area contributed by atoms with E-state index in [4.69, 9.17) is 18.6 Å². The maximum Gasteiger partial charge on any atom is 0.213 e. The molecule has 138 valence electrons. The predicted molar refractivity (Wildman–Crippen MR) is 88.3 cm³/mol. The lowest BCUT2D eigenvalue weighted by Crippen LogP contribution is -2.44. The molecule has 0 radical (unpaired) electrons. The fraction of sp³-hybridized carbons (Fsp3) is 0.733. The summed E-state index contributed by atoms with van der Waals surface area (Å²) in [5.74, 6) is 0.668. The number of sulfonamides is 1. The average molecular weight is 362 g/mol. The minimum absolute atomic E-state index is 0.0787. The number of nitrogens with one attached hydrogen (secondary N) is 1. The molecule has 1 aliphatic rings. The van der Waals surface area contributed by atoms with Crippen molar-refractivity contribution in [2.75, 3.05) is 65.5 Å². The molecule has 0 amide bonds. The van der Waals surface area contributed by atoms with Gasteiger partial charge in [-0.3, -0.25) is 4.90 Å². The zero-order chi connectivity index (χ0) is 17.3. The Morgan fingerprint density at radius 1 is 1.29 bits per heavy atom. The van der Waals surface area contributed by atoms with Crippen molar-refractivity contribution in [2.24, 2.45) is 0 Å². The molecule has 0 aliphatic carbocycles. The van der Waals surface area contributed by atoms with Gasteiger partial charge < -0.3 is 18.6 Å². The molecule has 1 N–H and O–H groups in total. The standard InChI is InChI=1S/C15H26N2O6S/c1-20-9-10-22-11-12-24(18,19)16-13-14(15-3-2-6-23-15)17-4-7-21-8-5-17/h2-3,6,14,16H,4-5,7-13H2,1H3. The third-order valence-corrected chi connectivity index (χ3v) is 5.09. The lowest BCUT2D eigenvalue weighted by molar-refractivity contribution is 0.0128. The van der Waals surface area contributed by atoms with E-state index in [1.165, 1.54) is 0 Å². The van der Waals surface area contributed by atoms with Crippen LogP contribution in [0.15, 0.2) is 22.8 Å². The second-order valence-corrected chi connectivity index (χ2v) is 7.38. The van der Waals surface area contributed by atoms with Gasteiger partial charge in [0.05, 0.1) is 51.1 Å². The summed E-state index contributed by atoms with van der Waals surface area (Å²) >= 11 is 0. The van der Waals surface area contributed by atoms with Gasteiger partial charge in [-0.05, 0) is 12.1 Å². The number of hydrogen-bond acceptors (Lipinski definition) is 7. The Labute approximate surface area is 143 Å². The van der Waals surface area contributed by atoms with Crippen molar-refractivity contribution in [2.45, 2.75) is 6.04 Å². The average Bonchev–Trinajstić information content (AvgIpc) is 3.10. The number of hydrogen-bond donors (Lipinski definition) is 1. The molecular weight excluding hydrogens is 336 g/mol. The van der Waals surface area contributed by atoms with Crippen LogP contribution in [0, 0.1) is 0 Å². The van der Waals surface area contributed by atoms with Crippen LogP contribution in [0.5, 0.6) is 0 Å². The molecule has 1 aliphatic heterocycles. The normalized spacial score (nSPS) is 17.9. The summed E-state index contributed by atoms with van der Waals surface area (Å²) in [6.45, 7) is 3.99. The number of rotatable bonds is 11. The number of methoxy groups -OCH3 is 1. The van der Waals surface area contributed by atoms with Crippen molar-refractivity contribution in [1.29, 1.82) is 0 Å². The lowest BCUT2D eigenvalue weighted by Gasteiger charge is -2.33. The Balaban J connectivity index is 1.85. The van der Waals surface area contributed by atoms with Gasteiger partial charge in [0.25, 0.3) is 0 Å². The van der Waals surface area contributed by atoms with Gasteiger partial charge >= 0.3 is 0 Å². The number of furan rings is 1. The van der Waals surface area contributed by atoms with Gasteiger partial charge in [0.2, 0.25) is 10.0 Å². The van der Waals surface area contributed by atoms with Crippen LogP contribution in [-0.2, 0) is 24.2 Å². The Hall–Kier alpha value is -0.970. The molecule has 1 fully saturated rings. The van der Waals surface area contributed by atoms with Gasteiger partial charge in [0.1, 0.15) is 5.76 Å². The van der Waals surface area contributed by atoms with E-state index < -0.39 is 10.0 Å². The van der Waals surface area contributed by atoms with E-state index in [0.717, 1.165) is 18.8 Å². The van der Waals surface area contributed by atoms with Gasteiger partial charge in [0, 0.05) is 26.7 Å². The van der Waals surface area contributed by atoms with Crippen LogP contribution in [0.2, 0.25) is 0 Å². The predicted octanol–water partition coefficient (Wildman–Crippen LogP) is 0.235. The van der Waals surface area contributed by atoms with E-state index in [9.17, 15) is 8.42 Å². The summed E-state index contributed by atoms with van der Waals surface area (Å²) in [7, 11) is -1.84. The fourth-order valence-electron chi connectivity index (χ4n) is 2.47. The molecule has 1 unspecified atom stereocenters. The second-order valence-electron chi connectivity index (χ2n) is 5.45. The molecule has 2 rings (SSSR count). The summed E-state index contributed by atoms with van der Waals surface area (Å²) in [5.41, 5.74) is 0. The van der Waals surface area contributed by atoms with Gasteiger partial charge in [-0.25, -0.2) is 13.1 Å². The van der Waals surface area contributed by atoms with E-state index >= 15 is 0 Å². The highest BCUT2D eigenvalue weighted by atomic mass is 32.2. The molecule has 8 nitrogen and oxygen atoms in total. The van der Waals surface area contributed by atoms with Crippen molar-refractivity contribution < 1.29 is 27.0 Å². The Bertz CT molecular complexity index is 542. The van der Waals surface area contributed by atoms with Gasteiger partial charge in [-0.1, -0.05) is 0 Å². The second kappa shape index (κ2) is 10.1. The Morgan fingerprint density at radius 2 is 2.08 bits per heavy atom. The van der Waals surface area contributed by atoms with Crippen molar-refractivity contribution in [3.05, 3.63) is 24.2 Å². The number of morpholine rings is 1. The number of nitrogens with zero attached hydrogens (tertiary/aromatic N) is 1. The van der Waals surface area contributed by atoms with Crippen LogP contribution in [0.1, 0.15) is 11.8 Å². The Kier molecular flexibility index (Phi) is 8.16. The molecule has 0 spiro atoms. The zero-order valence-corrected chi connectivity index (χ0v) is 14.8. The van der Waals surface area contributed by atoms with E-state index in [1.54, 1.807) is 19.4 Å². The van der Waals surface area contributed by atoms with Crippen LogP contribution in [-0.4, -0.2) is 78.8 Å². The maximum absolute atomic E-state index is 12.1. The third kappa shape index (κ3) is 6.50. The topological polar surface area (TPSA) is 90.2 Å². The first kappa shape index (κ1) is 19.4. The molecule has 1 saturated heterocycles. The first-order chi connectivity index (χ1) is 11.6. The van der Waals surface area contributed by atoms with Gasteiger partial charge in [-0.15, -0.1) is 0 Å². The molecule has 0 saturated carbocycles. The van der Waals surface area contributed by atoms with Crippen LogP contribution in [0.3, 0.4) is 0 Å². The quantitative estimate of drug-likeness (QED) is 0.564. The summed E-state index contributed by atoms with van der Waals surface area (Å²) in [6, 6.07) is 3.52. The first-order valence-corrected chi connectivity index (χ1v) is 9.67. The SMILES string of the molecule is COCCOCCS(=O)(=O)NCC(c1ccco1)N1CCOCC1. The number of ether oxygens (including phenoxy) is 3. The summed E-state index contributed by atoms with van der Waals surface area (Å²) in [5, 5.41) is 0. The van der Waals surface area contributed by atoms with Crippen LogP contribution in [0.4, 0.5) is 0 Å². The van der Waals surface area contributed by atoms with Crippen LogP contribution in [0.25, 0.3) is 0 Å². The maximum atomic E-state index is 12.1. The fourth-order valence-corrected chi connectivity index (χ4v) is 3.36. The van der Waals surface area contributed by atoms with Gasteiger partial charge in [-0.2, -0.15) is 0 Å². The van der Waals surface area contributed by atoms with E-state index in [2.05, 4.69) is 9.62 Å². The highest BCUT2D eigenvalue weighted by Crippen LogP contribution is 2.21. The van der Waals surface area contributed by atoms with Gasteiger partial charge in [0.15, 0.2) is 0 Å². The third-order valence-electron chi connectivity index (χ3n) is 3.78. The summed E-state index contributed by atoms with van der Waals surface area (Å²) < 4.78 is 47.8. The van der Waals surface area contributed by atoms with Crippen molar-refractivity contribution in [3.63, 3.8) is 0 Å². The smallest absolute Gasteiger partial charge is 0.213 e. The molecule has 0 aromatic carbocycles. The van der Waals surface area contributed by atoms with Crippen molar-refractivity contribution in [3.8, 4) is 0 Å². The Morgan fingerprint density at radius 3 is 2.75 bits per heavy atom. The summed E-state index contributed by atoms with van der Waals surface area (Å²) in [6.07, 6.45) is 1.60. The highest BCUT2D eigenvalue weighted by molar-refractivity contribution is 7.89. The van der Waals surface area contributed by atoms with Crippen molar-refractivity contribution >= 4 is 10.0 Å². The summed E-state index contributed by atoms with van der Waals surface area (Å²) in [4.78, 5) is 2.17. The molecule has 0 bridgehead atoms. The molecule has 1 aromatic rings. The van der Waals surface area contributed by atoms with E-state index in [1.807, 2.05) is 6.07 Å². The molecule has 1 atom stereocenters. The molecule has 24 heavy (non-hydrogen) atoms. The minimum Gasteiger partial charge on any atom is -0.468 e. The van der Waals surface area contributed by atoms with Crippen LogP contribution >= 0.6 is 0 Å². The largest absolute Gasteiger partial charge is 0.468 e. The molecule has 1 aromatic heterocycles. The highest BCUT2D eigenvalue weighted by Gasteiger charge is 2.26. The molecule has 2 heterocycles. The van der Waals surface area contributed by atoms with E-state index in [-0.39, 0.29) is 24.9 Å². The van der Waals surface area contributed by atoms with Crippen LogP contribution < -0.4 is 4.72 Å². The van der Waals surface area contributed by atoms with Crippen molar-refractivity contribution in [1.82, 2.24) is 9.62 Å².